The number of aromatic nitrogens is 2. The maximum absolute atomic E-state index is 11.1. The lowest BCUT2D eigenvalue weighted by Gasteiger charge is -2.29. The minimum Gasteiger partial charge on any atom is -0.478 e. The summed E-state index contributed by atoms with van der Waals surface area (Å²) in [5.41, 5.74) is 2.17. The van der Waals surface area contributed by atoms with Gasteiger partial charge in [-0.05, 0) is 37.0 Å². The Bertz CT molecular complexity index is 632. The highest BCUT2D eigenvalue weighted by Crippen LogP contribution is 2.35. The van der Waals surface area contributed by atoms with E-state index in [0.717, 1.165) is 17.0 Å². The number of carboxylic acids is 1. The molecule has 4 heteroatoms. The predicted molar refractivity (Wildman–Crippen MR) is 78.0 cm³/mol. The summed E-state index contributed by atoms with van der Waals surface area (Å²) in [7, 11) is 0. The third-order valence-electron chi connectivity index (χ3n) is 4.55. The molecule has 0 amide bonds. The highest BCUT2D eigenvalue weighted by molar-refractivity contribution is 5.92. The van der Waals surface area contributed by atoms with Crippen LogP contribution in [0.15, 0.2) is 24.5 Å². The van der Waals surface area contributed by atoms with Crippen LogP contribution < -0.4 is 0 Å². The number of rotatable bonds is 3. The van der Waals surface area contributed by atoms with Crippen LogP contribution >= 0.6 is 0 Å². The van der Waals surface area contributed by atoms with Gasteiger partial charge in [0.05, 0.1) is 22.9 Å². The number of hydrogen-bond acceptors (Lipinski definition) is 2. The topological polar surface area (TPSA) is 55.1 Å². The van der Waals surface area contributed by atoms with Gasteiger partial charge in [0.25, 0.3) is 0 Å². The van der Waals surface area contributed by atoms with Crippen molar-refractivity contribution in [2.75, 3.05) is 0 Å². The largest absolute Gasteiger partial charge is 0.478 e. The van der Waals surface area contributed by atoms with E-state index in [0.29, 0.717) is 11.6 Å². The Morgan fingerprint density at radius 2 is 2.30 bits per heavy atom. The molecule has 106 valence electrons. The molecule has 2 unspecified atom stereocenters. The van der Waals surface area contributed by atoms with E-state index in [1.54, 1.807) is 18.2 Å². The third-order valence-corrected chi connectivity index (χ3v) is 4.55. The summed E-state index contributed by atoms with van der Waals surface area (Å²) in [6.45, 7) is 2.25. The van der Waals surface area contributed by atoms with Gasteiger partial charge >= 0.3 is 5.97 Å². The molecule has 1 aromatic carbocycles. The molecule has 1 heterocycles. The van der Waals surface area contributed by atoms with Crippen LogP contribution in [0.25, 0.3) is 11.0 Å². The standard InChI is InChI=1S/C16H20N2O2/c1-2-11-4-3-5-13(8-11)18-10-17-14-7-6-12(16(19)20)9-15(14)18/h6-7,9-11,13H,2-5,8H2,1H3,(H,19,20). The van der Waals surface area contributed by atoms with E-state index >= 15 is 0 Å². The molecule has 1 aromatic heterocycles. The number of aromatic carboxylic acids is 1. The van der Waals surface area contributed by atoms with E-state index in [1.807, 2.05) is 6.33 Å². The minimum absolute atomic E-state index is 0.335. The molecule has 20 heavy (non-hydrogen) atoms. The zero-order valence-electron chi connectivity index (χ0n) is 11.7. The first-order valence-electron chi connectivity index (χ1n) is 7.39. The number of benzene rings is 1. The number of carboxylic acid groups (broad SMARTS) is 1. The normalized spacial score (nSPS) is 23.1. The van der Waals surface area contributed by atoms with E-state index in [-0.39, 0.29) is 0 Å². The van der Waals surface area contributed by atoms with Crippen LogP contribution in [0.3, 0.4) is 0 Å². The van der Waals surface area contributed by atoms with Crippen LogP contribution in [0.4, 0.5) is 0 Å². The van der Waals surface area contributed by atoms with Gasteiger partial charge in [-0.25, -0.2) is 9.78 Å². The van der Waals surface area contributed by atoms with Gasteiger partial charge in [0.2, 0.25) is 0 Å². The maximum atomic E-state index is 11.1. The van der Waals surface area contributed by atoms with E-state index in [9.17, 15) is 4.79 Å². The van der Waals surface area contributed by atoms with Crippen LogP contribution in [0, 0.1) is 5.92 Å². The van der Waals surface area contributed by atoms with Crippen LogP contribution in [0.5, 0.6) is 0 Å². The fourth-order valence-electron chi connectivity index (χ4n) is 3.34. The molecule has 1 aliphatic carbocycles. The van der Waals surface area contributed by atoms with Crippen molar-refractivity contribution < 1.29 is 9.90 Å². The minimum atomic E-state index is -0.880. The maximum Gasteiger partial charge on any atom is 0.335 e. The van der Waals surface area contributed by atoms with Gasteiger partial charge in [-0.1, -0.05) is 26.2 Å². The molecule has 1 saturated carbocycles. The lowest BCUT2D eigenvalue weighted by Crippen LogP contribution is -2.18. The summed E-state index contributed by atoms with van der Waals surface area (Å²) in [4.78, 5) is 15.5. The van der Waals surface area contributed by atoms with Crippen molar-refractivity contribution in [1.82, 2.24) is 9.55 Å². The molecular weight excluding hydrogens is 252 g/mol. The fraction of sp³-hybridized carbons (Fsp3) is 0.500. The van der Waals surface area contributed by atoms with Gasteiger partial charge in [0.15, 0.2) is 0 Å². The van der Waals surface area contributed by atoms with Gasteiger partial charge < -0.3 is 9.67 Å². The van der Waals surface area contributed by atoms with Crippen LogP contribution in [-0.2, 0) is 0 Å². The summed E-state index contributed by atoms with van der Waals surface area (Å²) >= 11 is 0. The Labute approximate surface area is 118 Å². The van der Waals surface area contributed by atoms with Crippen molar-refractivity contribution in [3.8, 4) is 0 Å². The van der Waals surface area contributed by atoms with Crippen molar-refractivity contribution in [1.29, 1.82) is 0 Å². The summed E-state index contributed by atoms with van der Waals surface area (Å²) < 4.78 is 2.18. The van der Waals surface area contributed by atoms with E-state index in [2.05, 4.69) is 16.5 Å². The highest BCUT2D eigenvalue weighted by atomic mass is 16.4. The van der Waals surface area contributed by atoms with E-state index in [1.165, 1.54) is 32.1 Å². The number of imidazole rings is 1. The van der Waals surface area contributed by atoms with Crippen LogP contribution in [0.1, 0.15) is 55.4 Å². The molecule has 1 fully saturated rings. The van der Waals surface area contributed by atoms with Gasteiger partial charge in [0, 0.05) is 6.04 Å². The van der Waals surface area contributed by atoms with Gasteiger partial charge in [0.1, 0.15) is 0 Å². The lowest BCUT2D eigenvalue weighted by atomic mass is 9.84. The molecule has 1 N–H and O–H groups in total. The smallest absolute Gasteiger partial charge is 0.335 e. The molecule has 2 atom stereocenters. The summed E-state index contributed by atoms with van der Waals surface area (Å²) in [6, 6.07) is 5.63. The zero-order valence-corrected chi connectivity index (χ0v) is 11.7. The monoisotopic (exact) mass is 272 g/mol. The highest BCUT2D eigenvalue weighted by Gasteiger charge is 2.23. The Morgan fingerprint density at radius 1 is 1.45 bits per heavy atom. The molecule has 2 aromatic rings. The number of nitrogens with zero attached hydrogens (tertiary/aromatic N) is 2. The number of fused-ring (bicyclic) bond motifs is 1. The Hall–Kier alpha value is -1.84. The second-order valence-corrected chi connectivity index (χ2v) is 5.76. The Morgan fingerprint density at radius 3 is 3.05 bits per heavy atom. The van der Waals surface area contributed by atoms with E-state index < -0.39 is 5.97 Å². The van der Waals surface area contributed by atoms with Crippen molar-refractivity contribution in [2.24, 2.45) is 5.92 Å². The molecule has 0 spiro atoms. The van der Waals surface area contributed by atoms with Crippen molar-refractivity contribution >= 4 is 17.0 Å². The van der Waals surface area contributed by atoms with Crippen LogP contribution in [0.2, 0.25) is 0 Å². The fourth-order valence-corrected chi connectivity index (χ4v) is 3.34. The Balaban J connectivity index is 1.98. The summed E-state index contributed by atoms with van der Waals surface area (Å²) in [5.74, 6) is -0.0939. The first-order chi connectivity index (χ1) is 9.69. The average molecular weight is 272 g/mol. The van der Waals surface area contributed by atoms with Crippen molar-refractivity contribution in [3.05, 3.63) is 30.1 Å². The SMILES string of the molecule is CCC1CCCC(n2cnc3ccc(C(=O)O)cc32)C1. The molecule has 3 rings (SSSR count). The lowest BCUT2D eigenvalue weighted by molar-refractivity contribution is 0.0697. The first-order valence-corrected chi connectivity index (χ1v) is 7.39. The van der Waals surface area contributed by atoms with Gasteiger partial charge in [-0.15, -0.1) is 0 Å². The van der Waals surface area contributed by atoms with Crippen molar-refractivity contribution in [3.63, 3.8) is 0 Å². The number of carbonyl (C=O) groups is 1. The zero-order chi connectivity index (χ0) is 14.1. The predicted octanol–water partition coefficient (Wildman–Crippen LogP) is 3.88. The van der Waals surface area contributed by atoms with Gasteiger partial charge in [-0.3, -0.25) is 0 Å². The molecule has 1 aliphatic rings. The molecule has 0 radical (unpaired) electrons. The van der Waals surface area contributed by atoms with E-state index in [4.69, 9.17) is 5.11 Å². The van der Waals surface area contributed by atoms with Crippen molar-refractivity contribution in [2.45, 2.75) is 45.1 Å². The number of hydrogen-bond donors (Lipinski definition) is 1. The third kappa shape index (κ3) is 2.30. The second kappa shape index (κ2) is 5.27. The van der Waals surface area contributed by atoms with Crippen LogP contribution in [-0.4, -0.2) is 20.6 Å². The average Bonchev–Trinajstić information content (AvgIpc) is 2.90. The molecule has 0 saturated heterocycles. The summed E-state index contributed by atoms with van der Waals surface area (Å²) in [6.07, 6.45) is 8.02. The first kappa shape index (κ1) is 13.2. The second-order valence-electron chi connectivity index (χ2n) is 5.76. The van der Waals surface area contributed by atoms with Gasteiger partial charge in [-0.2, -0.15) is 0 Å². The quantitative estimate of drug-likeness (QED) is 0.922. The molecule has 0 aliphatic heterocycles. The Kier molecular flexibility index (Phi) is 3.47. The molecule has 4 nitrogen and oxygen atoms in total. The summed E-state index contributed by atoms with van der Waals surface area (Å²) in [5, 5.41) is 9.13. The molecular formula is C16H20N2O2. The molecule has 0 bridgehead atoms.